The Morgan fingerprint density at radius 3 is 2.52 bits per heavy atom. The topological polar surface area (TPSA) is 101 Å². The highest BCUT2D eigenvalue weighted by molar-refractivity contribution is 5.87. The fraction of sp³-hybridized carbons (Fsp3) is 0.318. The molecule has 2 heterocycles. The average Bonchev–Trinajstić information content (AvgIpc) is 3.12. The number of nitro benzene ring substituents is 1. The number of piperazine rings is 1. The van der Waals surface area contributed by atoms with E-state index in [1.165, 1.54) is 27.8 Å². The SMILES string of the molecule is O=C1CN(CC(O)(c2cn(Cc3ccccc3)c3cc([N+](=O)[O-])ccc23)C(F)(F)F)CCN1. The van der Waals surface area contributed by atoms with E-state index in [2.05, 4.69) is 5.32 Å². The second kappa shape index (κ2) is 8.49. The number of nitrogens with zero attached hydrogens (tertiary/aromatic N) is 3. The highest BCUT2D eigenvalue weighted by Gasteiger charge is 2.57. The normalized spacial score (nSPS) is 17.0. The second-order valence-corrected chi connectivity index (χ2v) is 8.03. The van der Waals surface area contributed by atoms with E-state index < -0.39 is 34.7 Å². The van der Waals surface area contributed by atoms with Gasteiger partial charge in [0.25, 0.3) is 5.69 Å². The molecule has 1 aliphatic rings. The third-order valence-corrected chi connectivity index (χ3v) is 5.76. The van der Waals surface area contributed by atoms with Crippen LogP contribution >= 0.6 is 0 Å². The van der Waals surface area contributed by atoms with Crippen LogP contribution in [0.25, 0.3) is 10.9 Å². The molecule has 2 N–H and O–H groups in total. The molecule has 4 rings (SSSR count). The molecule has 1 fully saturated rings. The van der Waals surface area contributed by atoms with Gasteiger partial charge in [0.05, 0.1) is 17.0 Å². The number of non-ortho nitro benzene ring substituents is 1. The van der Waals surface area contributed by atoms with Gasteiger partial charge in [0, 0.05) is 55.5 Å². The molecule has 8 nitrogen and oxygen atoms in total. The zero-order valence-electron chi connectivity index (χ0n) is 17.4. The van der Waals surface area contributed by atoms with E-state index in [0.717, 1.165) is 11.6 Å². The van der Waals surface area contributed by atoms with Crippen LogP contribution in [0.3, 0.4) is 0 Å². The van der Waals surface area contributed by atoms with Crippen molar-refractivity contribution in [3.8, 4) is 0 Å². The molecule has 1 saturated heterocycles. The van der Waals surface area contributed by atoms with Gasteiger partial charge in [0.2, 0.25) is 11.5 Å². The Labute approximate surface area is 186 Å². The molecule has 1 amide bonds. The maximum Gasteiger partial charge on any atom is 0.422 e. The number of carbonyl (C=O) groups excluding carboxylic acids is 1. The van der Waals surface area contributed by atoms with Gasteiger partial charge < -0.3 is 15.0 Å². The van der Waals surface area contributed by atoms with Gasteiger partial charge in [-0.2, -0.15) is 13.2 Å². The second-order valence-electron chi connectivity index (χ2n) is 8.03. The number of amides is 1. The number of rotatable bonds is 6. The number of hydrogen-bond acceptors (Lipinski definition) is 5. The predicted molar refractivity (Wildman–Crippen MR) is 114 cm³/mol. The van der Waals surface area contributed by atoms with Crippen molar-refractivity contribution in [1.29, 1.82) is 0 Å². The van der Waals surface area contributed by atoms with Gasteiger partial charge in [-0.05, 0) is 11.6 Å². The first-order valence-corrected chi connectivity index (χ1v) is 10.2. The molecule has 0 aliphatic carbocycles. The predicted octanol–water partition coefficient (Wildman–Crippen LogP) is 2.78. The van der Waals surface area contributed by atoms with Crippen molar-refractivity contribution in [1.82, 2.24) is 14.8 Å². The van der Waals surface area contributed by atoms with E-state index in [-0.39, 0.29) is 42.8 Å². The molecule has 1 aliphatic heterocycles. The summed E-state index contributed by atoms with van der Waals surface area (Å²) in [7, 11) is 0. The molecule has 1 unspecified atom stereocenters. The maximum absolute atomic E-state index is 14.3. The van der Waals surface area contributed by atoms with E-state index in [4.69, 9.17) is 0 Å². The molecule has 0 saturated carbocycles. The van der Waals surface area contributed by atoms with Crippen LogP contribution in [-0.4, -0.2) is 57.8 Å². The van der Waals surface area contributed by atoms with Crippen molar-refractivity contribution in [3.05, 3.63) is 76.0 Å². The van der Waals surface area contributed by atoms with Gasteiger partial charge in [-0.1, -0.05) is 30.3 Å². The summed E-state index contributed by atoms with van der Waals surface area (Å²) in [5.41, 5.74) is -3.01. The van der Waals surface area contributed by atoms with Crippen LogP contribution < -0.4 is 5.32 Å². The first-order valence-electron chi connectivity index (χ1n) is 10.2. The summed E-state index contributed by atoms with van der Waals surface area (Å²) >= 11 is 0. The van der Waals surface area contributed by atoms with E-state index >= 15 is 0 Å². The van der Waals surface area contributed by atoms with Gasteiger partial charge in [-0.15, -0.1) is 0 Å². The van der Waals surface area contributed by atoms with E-state index in [1.807, 2.05) is 0 Å². The Morgan fingerprint density at radius 1 is 1.15 bits per heavy atom. The number of fused-ring (bicyclic) bond motifs is 1. The van der Waals surface area contributed by atoms with Crippen LogP contribution in [0.2, 0.25) is 0 Å². The van der Waals surface area contributed by atoms with Crippen LogP contribution in [0, 0.1) is 10.1 Å². The summed E-state index contributed by atoms with van der Waals surface area (Å²) in [4.78, 5) is 23.6. The molecular weight excluding hydrogens is 441 g/mol. The molecule has 11 heteroatoms. The van der Waals surface area contributed by atoms with Crippen LogP contribution in [0.1, 0.15) is 11.1 Å². The molecule has 0 radical (unpaired) electrons. The van der Waals surface area contributed by atoms with Gasteiger partial charge in [0.15, 0.2) is 0 Å². The van der Waals surface area contributed by atoms with E-state index in [9.17, 15) is 33.2 Å². The average molecular weight is 462 g/mol. The summed E-state index contributed by atoms with van der Waals surface area (Å²) in [6.45, 7) is -0.635. The fourth-order valence-corrected chi connectivity index (χ4v) is 4.11. The number of nitro groups is 1. The maximum atomic E-state index is 14.3. The summed E-state index contributed by atoms with van der Waals surface area (Å²) in [6, 6.07) is 12.5. The zero-order chi connectivity index (χ0) is 23.8. The van der Waals surface area contributed by atoms with Crippen molar-refractivity contribution in [3.63, 3.8) is 0 Å². The Hall–Kier alpha value is -3.44. The standard InChI is InChI=1S/C22H21F3N4O4/c23-22(24,25)21(31,14-27-9-8-26-20(30)13-27)18-12-28(11-15-4-2-1-3-5-15)19-10-16(29(32)33)6-7-17(18)19/h1-7,10,12,31H,8-9,11,13-14H2,(H,26,30). The lowest BCUT2D eigenvalue weighted by molar-refractivity contribution is -0.384. The number of alkyl halides is 3. The minimum atomic E-state index is -5.06. The Morgan fingerprint density at radius 2 is 1.88 bits per heavy atom. The van der Waals surface area contributed by atoms with Gasteiger partial charge in [-0.25, -0.2) is 0 Å². The first kappa shape index (κ1) is 22.7. The molecule has 174 valence electrons. The molecule has 0 spiro atoms. The summed E-state index contributed by atoms with van der Waals surface area (Å²) < 4.78 is 44.4. The Balaban J connectivity index is 1.86. The van der Waals surface area contributed by atoms with Crippen molar-refractivity contribution in [2.24, 2.45) is 0 Å². The number of aliphatic hydroxyl groups is 1. The molecule has 3 aromatic rings. The van der Waals surface area contributed by atoms with Gasteiger partial charge in [-0.3, -0.25) is 19.8 Å². The fourth-order valence-electron chi connectivity index (χ4n) is 4.11. The Bertz CT molecular complexity index is 1200. The molecule has 33 heavy (non-hydrogen) atoms. The van der Waals surface area contributed by atoms with Gasteiger partial charge in [0.1, 0.15) is 0 Å². The lowest BCUT2D eigenvalue weighted by Crippen LogP contribution is -2.56. The highest BCUT2D eigenvalue weighted by Crippen LogP contribution is 2.44. The largest absolute Gasteiger partial charge is 0.422 e. The van der Waals surface area contributed by atoms with Gasteiger partial charge >= 0.3 is 6.18 Å². The lowest BCUT2D eigenvalue weighted by atomic mass is 9.91. The third-order valence-electron chi connectivity index (χ3n) is 5.76. The summed E-state index contributed by atoms with van der Waals surface area (Å²) in [6.07, 6.45) is -3.87. The molecule has 1 aromatic heterocycles. The smallest absolute Gasteiger partial charge is 0.375 e. The highest BCUT2D eigenvalue weighted by atomic mass is 19.4. The van der Waals surface area contributed by atoms with Crippen LogP contribution in [0.4, 0.5) is 18.9 Å². The van der Waals surface area contributed by atoms with Crippen LogP contribution in [0.15, 0.2) is 54.7 Å². The quantitative estimate of drug-likeness (QED) is 0.434. The third kappa shape index (κ3) is 4.41. The van der Waals surface area contributed by atoms with Crippen LogP contribution in [0.5, 0.6) is 0 Å². The summed E-state index contributed by atoms with van der Waals surface area (Å²) in [5, 5.41) is 25.0. The van der Waals surface area contributed by atoms with E-state index in [0.29, 0.717) is 0 Å². The number of β-amino-alcohol motifs (C(OH)–C–C–N with tert-alkyl or cyclic N) is 1. The zero-order valence-corrected chi connectivity index (χ0v) is 17.4. The van der Waals surface area contributed by atoms with Crippen molar-refractivity contribution in [2.75, 3.05) is 26.2 Å². The monoisotopic (exact) mass is 462 g/mol. The number of nitrogens with one attached hydrogen (secondary N) is 1. The number of aromatic nitrogens is 1. The molecule has 2 aromatic carbocycles. The first-order chi connectivity index (χ1) is 15.6. The molecule has 0 bridgehead atoms. The van der Waals surface area contributed by atoms with Crippen LogP contribution in [-0.2, 0) is 16.9 Å². The number of benzene rings is 2. The minimum Gasteiger partial charge on any atom is -0.375 e. The number of halogens is 3. The molecular formula is C22H21F3N4O4. The Kier molecular flexibility index (Phi) is 5.85. The summed E-state index contributed by atoms with van der Waals surface area (Å²) in [5.74, 6) is -0.423. The minimum absolute atomic E-state index is 0.0535. The van der Waals surface area contributed by atoms with Crippen molar-refractivity contribution < 1.29 is 28.0 Å². The van der Waals surface area contributed by atoms with Crippen molar-refractivity contribution in [2.45, 2.75) is 18.3 Å². The van der Waals surface area contributed by atoms with E-state index in [1.54, 1.807) is 30.3 Å². The number of carbonyl (C=O) groups is 1. The lowest BCUT2D eigenvalue weighted by Gasteiger charge is -2.37. The van der Waals surface area contributed by atoms with Crippen molar-refractivity contribution >= 4 is 22.5 Å². The number of hydrogen-bond donors (Lipinski definition) is 2. The molecule has 1 atom stereocenters.